The summed E-state index contributed by atoms with van der Waals surface area (Å²) in [6, 6.07) is 10.0. The molecule has 4 heteroatoms. The van der Waals surface area contributed by atoms with Crippen LogP contribution in [0, 0.1) is 0 Å². The number of likely N-dealkylation sites (N-methyl/N-ethyl adjacent to an activating group) is 1. The number of esters is 1. The summed E-state index contributed by atoms with van der Waals surface area (Å²) < 4.78 is 11.3. The van der Waals surface area contributed by atoms with Crippen molar-refractivity contribution in [2.75, 3.05) is 26.2 Å². The second-order valence-corrected chi connectivity index (χ2v) is 5.35. The highest BCUT2D eigenvalue weighted by Crippen LogP contribution is 2.06. The van der Waals surface area contributed by atoms with Gasteiger partial charge in [-0.2, -0.15) is 0 Å². The van der Waals surface area contributed by atoms with Crippen LogP contribution in [0.5, 0.6) is 0 Å². The van der Waals surface area contributed by atoms with Crippen molar-refractivity contribution in [3.05, 3.63) is 35.9 Å². The van der Waals surface area contributed by atoms with E-state index in [1.54, 1.807) is 0 Å². The fourth-order valence-corrected chi connectivity index (χ4v) is 2.23. The van der Waals surface area contributed by atoms with Gasteiger partial charge in [-0.25, -0.2) is 0 Å². The van der Waals surface area contributed by atoms with Gasteiger partial charge >= 0.3 is 5.97 Å². The van der Waals surface area contributed by atoms with Crippen molar-refractivity contribution in [1.82, 2.24) is 4.90 Å². The maximum atomic E-state index is 11.7. The zero-order chi connectivity index (χ0) is 16.2. The summed E-state index contributed by atoms with van der Waals surface area (Å²) in [7, 11) is 0. The van der Waals surface area contributed by atoms with Crippen LogP contribution in [0.15, 0.2) is 30.3 Å². The minimum absolute atomic E-state index is 0.136. The topological polar surface area (TPSA) is 38.8 Å². The summed E-state index contributed by atoms with van der Waals surface area (Å²) in [5.74, 6) is -0.136. The summed E-state index contributed by atoms with van der Waals surface area (Å²) >= 11 is 0. The van der Waals surface area contributed by atoms with Crippen molar-refractivity contribution in [3.63, 3.8) is 0 Å². The zero-order valence-corrected chi connectivity index (χ0v) is 14.1. The van der Waals surface area contributed by atoms with Gasteiger partial charge in [0.2, 0.25) is 0 Å². The van der Waals surface area contributed by atoms with Crippen LogP contribution in [0.1, 0.15) is 39.2 Å². The van der Waals surface area contributed by atoms with Gasteiger partial charge < -0.3 is 14.4 Å². The van der Waals surface area contributed by atoms with Crippen LogP contribution < -0.4 is 0 Å². The summed E-state index contributed by atoms with van der Waals surface area (Å²) in [5, 5.41) is 0. The van der Waals surface area contributed by atoms with E-state index in [1.807, 2.05) is 37.3 Å². The molecule has 0 aliphatic rings. The van der Waals surface area contributed by atoms with Gasteiger partial charge in [0.25, 0.3) is 0 Å². The van der Waals surface area contributed by atoms with Gasteiger partial charge in [0, 0.05) is 13.0 Å². The molecule has 0 radical (unpaired) electrons. The van der Waals surface area contributed by atoms with E-state index in [4.69, 9.17) is 9.47 Å². The second kappa shape index (κ2) is 11.2. The van der Waals surface area contributed by atoms with Crippen LogP contribution in [0.2, 0.25) is 0 Å². The van der Waals surface area contributed by atoms with Crippen LogP contribution in [0.3, 0.4) is 0 Å². The lowest BCUT2D eigenvalue weighted by Gasteiger charge is -2.25. The van der Waals surface area contributed by atoms with E-state index in [0.29, 0.717) is 19.6 Å². The number of hydrogen-bond acceptors (Lipinski definition) is 4. The number of benzene rings is 1. The Labute approximate surface area is 134 Å². The van der Waals surface area contributed by atoms with Gasteiger partial charge in [0.15, 0.2) is 0 Å². The van der Waals surface area contributed by atoms with Crippen molar-refractivity contribution >= 4 is 5.97 Å². The number of ether oxygens (including phenoxy) is 2. The summed E-state index contributed by atoms with van der Waals surface area (Å²) in [6.45, 7) is 9.78. The Balaban J connectivity index is 2.47. The lowest BCUT2D eigenvalue weighted by atomic mass is 10.2. The summed E-state index contributed by atoms with van der Waals surface area (Å²) in [4.78, 5) is 14.0. The molecule has 0 amide bonds. The minimum Gasteiger partial charge on any atom is -0.459 e. The molecule has 0 aliphatic carbocycles. The lowest BCUT2D eigenvalue weighted by molar-refractivity contribution is -0.153. The zero-order valence-electron chi connectivity index (χ0n) is 14.1. The van der Waals surface area contributed by atoms with Crippen molar-refractivity contribution in [2.24, 2.45) is 0 Å². The molecule has 0 heterocycles. The van der Waals surface area contributed by atoms with Crippen LogP contribution in [0.4, 0.5) is 0 Å². The molecule has 124 valence electrons. The third kappa shape index (κ3) is 7.57. The maximum Gasteiger partial charge on any atom is 0.306 e. The Hall–Kier alpha value is -1.39. The van der Waals surface area contributed by atoms with Crippen LogP contribution in [0.25, 0.3) is 0 Å². The molecular formula is C18H29NO3. The first-order chi connectivity index (χ1) is 10.7. The third-order valence-electron chi connectivity index (χ3n) is 3.52. The van der Waals surface area contributed by atoms with Gasteiger partial charge in [-0.15, -0.1) is 0 Å². The maximum absolute atomic E-state index is 11.7. The van der Waals surface area contributed by atoms with Crippen molar-refractivity contribution in [2.45, 2.75) is 46.3 Å². The molecule has 0 spiro atoms. The van der Waals surface area contributed by atoms with E-state index in [9.17, 15) is 4.79 Å². The first kappa shape index (κ1) is 18.7. The Morgan fingerprint density at radius 1 is 1.14 bits per heavy atom. The van der Waals surface area contributed by atoms with Crippen LogP contribution >= 0.6 is 0 Å². The van der Waals surface area contributed by atoms with E-state index in [-0.39, 0.29) is 12.1 Å². The van der Waals surface area contributed by atoms with Gasteiger partial charge in [-0.1, -0.05) is 51.1 Å². The van der Waals surface area contributed by atoms with Crippen LogP contribution in [-0.2, 0) is 20.9 Å². The van der Waals surface area contributed by atoms with Crippen molar-refractivity contribution in [3.8, 4) is 0 Å². The smallest absolute Gasteiger partial charge is 0.306 e. The van der Waals surface area contributed by atoms with E-state index in [0.717, 1.165) is 31.6 Å². The summed E-state index contributed by atoms with van der Waals surface area (Å²) in [5.41, 5.74) is 1.13. The molecular weight excluding hydrogens is 278 g/mol. The number of rotatable bonds is 11. The third-order valence-corrected chi connectivity index (χ3v) is 3.52. The minimum atomic E-state index is -0.206. The van der Waals surface area contributed by atoms with E-state index in [2.05, 4.69) is 18.7 Å². The number of hydrogen-bond donors (Lipinski definition) is 0. The number of nitrogens with zero attached hydrogens (tertiary/aromatic N) is 1. The average Bonchev–Trinajstić information content (AvgIpc) is 2.53. The molecule has 4 nitrogen and oxygen atoms in total. The van der Waals surface area contributed by atoms with Crippen molar-refractivity contribution in [1.29, 1.82) is 0 Å². The van der Waals surface area contributed by atoms with Crippen molar-refractivity contribution < 1.29 is 14.3 Å². The Morgan fingerprint density at radius 2 is 1.82 bits per heavy atom. The first-order valence-corrected chi connectivity index (χ1v) is 8.23. The van der Waals surface area contributed by atoms with Gasteiger partial charge in [0.1, 0.15) is 6.10 Å². The number of carbonyl (C=O) groups is 1. The van der Waals surface area contributed by atoms with Gasteiger partial charge in [-0.3, -0.25) is 4.79 Å². The Morgan fingerprint density at radius 3 is 2.41 bits per heavy atom. The Kier molecular flexibility index (Phi) is 9.51. The quantitative estimate of drug-likeness (QED) is 0.588. The fourth-order valence-electron chi connectivity index (χ4n) is 2.23. The highest BCUT2D eigenvalue weighted by atomic mass is 16.6. The van der Waals surface area contributed by atoms with Gasteiger partial charge in [0.05, 0.1) is 13.2 Å². The standard InChI is InChI=1S/C18H29NO3/c1-4-10-18(20)22-17(13-19(5-2)6-3)15-21-14-16-11-8-7-9-12-16/h7-9,11-12,17H,4-6,10,13-15H2,1-3H3/t17-/m0/s1. The highest BCUT2D eigenvalue weighted by molar-refractivity contribution is 5.69. The molecule has 0 saturated heterocycles. The molecule has 1 aromatic rings. The number of carbonyl (C=O) groups excluding carboxylic acids is 1. The molecule has 1 atom stereocenters. The molecule has 0 unspecified atom stereocenters. The molecule has 0 aromatic heterocycles. The molecule has 0 aliphatic heterocycles. The first-order valence-electron chi connectivity index (χ1n) is 8.23. The molecule has 0 bridgehead atoms. The Bertz CT molecular complexity index is 404. The SMILES string of the molecule is CCCC(=O)O[C@H](COCc1ccccc1)CN(CC)CC. The average molecular weight is 307 g/mol. The molecule has 0 saturated carbocycles. The predicted octanol–water partition coefficient (Wildman–Crippen LogP) is 3.26. The largest absolute Gasteiger partial charge is 0.459 e. The molecule has 1 rings (SSSR count). The molecule has 0 N–H and O–H groups in total. The van der Waals surface area contributed by atoms with Gasteiger partial charge in [-0.05, 0) is 25.1 Å². The fraction of sp³-hybridized carbons (Fsp3) is 0.611. The summed E-state index contributed by atoms with van der Waals surface area (Å²) in [6.07, 6.45) is 1.07. The molecule has 0 fully saturated rings. The van der Waals surface area contributed by atoms with E-state index in [1.165, 1.54) is 0 Å². The normalized spacial score (nSPS) is 12.4. The van der Waals surface area contributed by atoms with E-state index < -0.39 is 0 Å². The predicted molar refractivity (Wildman–Crippen MR) is 88.7 cm³/mol. The highest BCUT2D eigenvalue weighted by Gasteiger charge is 2.17. The monoisotopic (exact) mass is 307 g/mol. The molecule has 22 heavy (non-hydrogen) atoms. The second-order valence-electron chi connectivity index (χ2n) is 5.35. The molecule has 1 aromatic carbocycles. The lowest BCUT2D eigenvalue weighted by Crippen LogP contribution is -2.37. The van der Waals surface area contributed by atoms with E-state index >= 15 is 0 Å². The van der Waals surface area contributed by atoms with Crippen LogP contribution in [-0.4, -0.2) is 43.2 Å².